The van der Waals surface area contributed by atoms with Crippen LogP contribution in [0.4, 0.5) is 0 Å². The van der Waals surface area contributed by atoms with Crippen LogP contribution in [0.2, 0.25) is 18.1 Å². The number of aryl methyl sites for hydroxylation is 1. The molecule has 3 atom stereocenters. The number of amides is 1. The molecule has 1 heterocycles. The maximum Gasteiger partial charge on any atom is 0.220 e. The third-order valence-electron chi connectivity index (χ3n) is 8.24. The number of aromatic amines is 1. The fourth-order valence-corrected chi connectivity index (χ4v) is 6.28. The highest BCUT2D eigenvalue weighted by Gasteiger charge is 2.40. The van der Waals surface area contributed by atoms with Crippen molar-refractivity contribution in [2.75, 3.05) is 0 Å². The van der Waals surface area contributed by atoms with Crippen LogP contribution >= 0.6 is 0 Å². The number of hydrogen-bond acceptors (Lipinski definition) is 3. The molecule has 0 aliphatic heterocycles. The lowest BCUT2D eigenvalue weighted by Crippen LogP contribution is -2.50. The second-order valence-electron chi connectivity index (χ2n) is 12.5. The van der Waals surface area contributed by atoms with Crippen molar-refractivity contribution in [1.29, 1.82) is 0 Å². The first kappa shape index (κ1) is 29.8. The second-order valence-corrected chi connectivity index (χ2v) is 17.3. The van der Waals surface area contributed by atoms with Gasteiger partial charge in [-0.2, -0.15) is 0 Å². The summed E-state index contributed by atoms with van der Waals surface area (Å²) in [4.78, 5) is 17.1. The molecule has 4 aromatic rings. The van der Waals surface area contributed by atoms with Crippen LogP contribution in [0.25, 0.3) is 10.9 Å². The van der Waals surface area contributed by atoms with Crippen LogP contribution in [0.5, 0.6) is 0 Å². The SMILES string of the molecule is Cc1cccc(C(NC(=O)CC[C@H](O[Si](C)(C)C(C)(C)C)[C@@H](N)Cc2ccccc2)c2cc3ccccc3[nH]2)c1. The molecule has 0 aliphatic carbocycles. The van der Waals surface area contributed by atoms with E-state index in [9.17, 15) is 4.79 Å². The molecule has 0 saturated heterocycles. The first-order valence-corrected chi connectivity index (χ1v) is 17.2. The van der Waals surface area contributed by atoms with E-state index in [1.54, 1.807) is 0 Å². The molecule has 1 unspecified atom stereocenters. The number of nitrogens with one attached hydrogen (secondary N) is 2. The van der Waals surface area contributed by atoms with Gasteiger partial charge >= 0.3 is 0 Å². The van der Waals surface area contributed by atoms with Gasteiger partial charge in [-0.3, -0.25) is 4.79 Å². The number of H-pyrrole nitrogens is 1. The smallest absolute Gasteiger partial charge is 0.220 e. The van der Waals surface area contributed by atoms with Gasteiger partial charge in [0.05, 0.1) is 12.1 Å². The van der Waals surface area contributed by atoms with Gasteiger partial charge in [0.1, 0.15) is 0 Å². The number of fused-ring (bicyclic) bond motifs is 1. The van der Waals surface area contributed by atoms with Crippen LogP contribution in [0.3, 0.4) is 0 Å². The van der Waals surface area contributed by atoms with E-state index < -0.39 is 8.32 Å². The first-order chi connectivity index (χ1) is 18.9. The Kier molecular flexibility index (Phi) is 9.34. The summed E-state index contributed by atoms with van der Waals surface area (Å²) in [5.74, 6) is -0.0131. The minimum Gasteiger partial charge on any atom is -0.412 e. The standard InChI is InChI=1S/C34H45N3O2Si/c1-24-13-12-17-27(21-24)33(30-23-26-16-10-11-18-29(26)36-30)37-32(38)20-19-31(39-40(5,6)34(2,3)4)28(35)22-25-14-8-7-9-15-25/h7-18,21,23,28,31,33,36H,19-20,22,35H2,1-6H3,(H,37,38)/t28-,31-,33?/m0/s1. The predicted octanol–water partition coefficient (Wildman–Crippen LogP) is 7.42. The molecule has 3 aromatic carbocycles. The van der Waals surface area contributed by atoms with Crippen LogP contribution < -0.4 is 11.1 Å². The molecule has 4 rings (SSSR count). The summed E-state index contributed by atoms with van der Waals surface area (Å²) in [6.07, 6.45) is 1.41. The van der Waals surface area contributed by atoms with Gasteiger partial charge in [-0.15, -0.1) is 0 Å². The summed E-state index contributed by atoms with van der Waals surface area (Å²) >= 11 is 0. The molecule has 0 saturated carbocycles. The lowest BCUT2D eigenvalue weighted by atomic mass is 9.98. The second kappa shape index (κ2) is 12.5. The maximum absolute atomic E-state index is 13.5. The Hall–Kier alpha value is -3.19. The molecule has 0 spiro atoms. The van der Waals surface area contributed by atoms with Gasteiger partial charge in [0.15, 0.2) is 8.32 Å². The number of hydrogen-bond donors (Lipinski definition) is 3. The lowest BCUT2D eigenvalue weighted by molar-refractivity contribution is -0.122. The van der Waals surface area contributed by atoms with E-state index in [2.05, 4.69) is 99.6 Å². The summed E-state index contributed by atoms with van der Waals surface area (Å²) < 4.78 is 6.84. The largest absolute Gasteiger partial charge is 0.412 e. The quantitative estimate of drug-likeness (QED) is 0.168. The lowest BCUT2D eigenvalue weighted by Gasteiger charge is -2.41. The minimum absolute atomic E-state index is 0.0131. The zero-order chi connectivity index (χ0) is 28.9. The Morgan fingerprint density at radius 3 is 2.35 bits per heavy atom. The molecule has 40 heavy (non-hydrogen) atoms. The molecule has 212 valence electrons. The Morgan fingerprint density at radius 2 is 1.68 bits per heavy atom. The fraction of sp³-hybridized carbons (Fsp3) is 0.382. The van der Waals surface area contributed by atoms with Crippen molar-refractivity contribution >= 4 is 25.1 Å². The molecular weight excluding hydrogens is 510 g/mol. The van der Waals surface area contributed by atoms with Crippen molar-refractivity contribution in [3.8, 4) is 0 Å². The van der Waals surface area contributed by atoms with E-state index in [1.165, 1.54) is 5.56 Å². The van der Waals surface area contributed by atoms with Crippen LogP contribution in [0.1, 0.15) is 62.0 Å². The average molecular weight is 556 g/mol. The third-order valence-corrected chi connectivity index (χ3v) is 12.7. The summed E-state index contributed by atoms with van der Waals surface area (Å²) in [6, 6.07) is 28.4. The highest BCUT2D eigenvalue weighted by Crippen LogP contribution is 2.38. The molecule has 0 radical (unpaired) electrons. The minimum atomic E-state index is -2.10. The van der Waals surface area contributed by atoms with Crippen LogP contribution in [-0.2, 0) is 15.6 Å². The summed E-state index contributed by atoms with van der Waals surface area (Å²) in [6.45, 7) is 13.3. The van der Waals surface area contributed by atoms with E-state index in [4.69, 9.17) is 10.2 Å². The molecule has 6 heteroatoms. The van der Waals surface area contributed by atoms with Gasteiger partial charge in [0, 0.05) is 23.7 Å². The Morgan fingerprint density at radius 1 is 0.975 bits per heavy atom. The number of para-hydroxylation sites is 1. The average Bonchev–Trinajstić information content (AvgIpc) is 3.33. The van der Waals surface area contributed by atoms with Crippen molar-refractivity contribution < 1.29 is 9.22 Å². The van der Waals surface area contributed by atoms with Crippen molar-refractivity contribution in [3.05, 3.63) is 107 Å². The Balaban J connectivity index is 1.53. The fourth-order valence-electron chi connectivity index (χ4n) is 4.88. The maximum atomic E-state index is 13.5. The highest BCUT2D eigenvalue weighted by molar-refractivity contribution is 6.74. The topological polar surface area (TPSA) is 80.1 Å². The number of rotatable bonds is 11. The number of aromatic nitrogens is 1. The van der Waals surface area contributed by atoms with Gasteiger partial charge in [-0.05, 0) is 66.5 Å². The first-order valence-electron chi connectivity index (χ1n) is 14.3. The molecule has 1 aromatic heterocycles. The number of carbonyl (C=O) groups excluding carboxylic acids is 1. The summed E-state index contributed by atoms with van der Waals surface area (Å²) in [5.41, 5.74) is 12.2. The molecule has 0 bridgehead atoms. The number of carbonyl (C=O) groups is 1. The van der Waals surface area contributed by atoms with Gasteiger partial charge < -0.3 is 20.5 Å². The molecule has 0 fully saturated rings. The Bertz CT molecular complexity index is 1370. The summed E-state index contributed by atoms with van der Waals surface area (Å²) in [7, 11) is -2.10. The zero-order valence-electron chi connectivity index (χ0n) is 24.8. The molecule has 1 amide bonds. The predicted molar refractivity (Wildman–Crippen MR) is 169 cm³/mol. The van der Waals surface area contributed by atoms with Gasteiger partial charge in [-0.25, -0.2) is 0 Å². The van der Waals surface area contributed by atoms with E-state index in [0.29, 0.717) is 19.3 Å². The van der Waals surface area contributed by atoms with Crippen molar-refractivity contribution in [1.82, 2.24) is 10.3 Å². The van der Waals surface area contributed by atoms with Gasteiger partial charge in [-0.1, -0.05) is 99.1 Å². The van der Waals surface area contributed by atoms with E-state index in [0.717, 1.165) is 27.7 Å². The van der Waals surface area contributed by atoms with Crippen molar-refractivity contribution in [2.45, 2.75) is 83.3 Å². The van der Waals surface area contributed by atoms with Crippen LogP contribution in [0.15, 0.2) is 84.9 Å². The normalized spacial score (nSPS) is 14.6. The molecule has 0 aliphatic rings. The monoisotopic (exact) mass is 555 g/mol. The van der Waals surface area contributed by atoms with E-state index in [1.807, 2.05) is 36.4 Å². The number of benzene rings is 3. The van der Waals surface area contributed by atoms with Crippen LogP contribution in [0, 0.1) is 6.92 Å². The van der Waals surface area contributed by atoms with E-state index in [-0.39, 0.29) is 29.1 Å². The van der Waals surface area contributed by atoms with Gasteiger partial charge in [0.2, 0.25) is 5.91 Å². The number of nitrogens with two attached hydrogens (primary N) is 1. The van der Waals surface area contributed by atoms with E-state index >= 15 is 0 Å². The zero-order valence-corrected chi connectivity index (χ0v) is 25.8. The summed E-state index contributed by atoms with van der Waals surface area (Å²) in [5, 5.41) is 4.49. The highest BCUT2D eigenvalue weighted by atomic mass is 28.4. The van der Waals surface area contributed by atoms with Gasteiger partial charge in [0.25, 0.3) is 0 Å². The van der Waals surface area contributed by atoms with Crippen molar-refractivity contribution in [3.63, 3.8) is 0 Å². The van der Waals surface area contributed by atoms with Crippen LogP contribution in [-0.4, -0.2) is 31.4 Å². The third kappa shape index (κ3) is 7.50. The van der Waals surface area contributed by atoms with Crippen molar-refractivity contribution in [2.24, 2.45) is 5.73 Å². The Labute approximate surface area is 240 Å². The molecule has 4 N–H and O–H groups in total. The molecular formula is C34H45N3O2Si. The molecule has 5 nitrogen and oxygen atoms in total.